The molecule has 6 heteroatoms. The van der Waals surface area contributed by atoms with Crippen molar-refractivity contribution in [2.45, 2.75) is 31.3 Å². The molecule has 0 aromatic heterocycles. The Morgan fingerprint density at radius 1 is 1.07 bits per heavy atom. The van der Waals surface area contributed by atoms with E-state index in [9.17, 15) is 19.1 Å². The zero-order valence-electron chi connectivity index (χ0n) is 15.1. The molecule has 1 amide bonds. The third-order valence-corrected chi connectivity index (χ3v) is 5.15. The summed E-state index contributed by atoms with van der Waals surface area (Å²) in [7, 11) is 0. The lowest BCUT2D eigenvalue weighted by atomic mass is 9.73. The van der Waals surface area contributed by atoms with Gasteiger partial charge in [0.15, 0.2) is 17.7 Å². The number of hydrogen-bond acceptors (Lipinski definition) is 3. The molecule has 1 unspecified atom stereocenters. The fraction of sp³-hybridized carbons (Fsp3) is 0.333. The summed E-state index contributed by atoms with van der Waals surface area (Å²) in [4.78, 5) is 26.3. The Morgan fingerprint density at radius 3 is 2.26 bits per heavy atom. The summed E-state index contributed by atoms with van der Waals surface area (Å²) in [5.41, 5.74) is -0.242. The highest BCUT2D eigenvalue weighted by Crippen LogP contribution is 2.36. The average Bonchev–Trinajstić information content (AvgIpc) is 2.69. The summed E-state index contributed by atoms with van der Waals surface area (Å²) in [5, 5.41) is 9.83. The van der Waals surface area contributed by atoms with E-state index in [1.54, 1.807) is 24.0 Å². The highest BCUT2D eigenvalue weighted by molar-refractivity contribution is 5.84. The van der Waals surface area contributed by atoms with Crippen LogP contribution in [0.4, 0.5) is 4.39 Å². The molecule has 2 aromatic carbocycles. The van der Waals surface area contributed by atoms with Gasteiger partial charge in [0.2, 0.25) is 0 Å². The number of halogens is 1. The van der Waals surface area contributed by atoms with E-state index in [1.165, 1.54) is 12.1 Å². The van der Waals surface area contributed by atoms with Crippen molar-refractivity contribution in [3.8, 4) is 5.75 Å². The molecule has 5 nitrogen and oxygen atoms in total. The molecule has 1 saturated heterocycles. The second-order valence-electron chi connectivity index (χ2n) is 6.77. The summed E-state index contributed by atoms with van der Waals surface area (Å²) in [6.07, 6.45) is -0.203. The molecule has 27 heavy (non-hydrogen) atoms. The summed E-state index contributed by atoms with van der Waals surface area (Å²) in [6, 6.07) is 15.1. The van der Waals surface area contributed by atoms with Crippen molar-refractivity contribution in [1.29, 1.82) is 0 Å². The predicted octanol–water partition coefficient (Wildman–Crippen LogP) is 3.24. The largest absolute Gasteiger partial charge is 0.481 e. The second-order valence-corrected chi connectivity index (χ2v) is 6.77. The fourth-order valence-electron chi connectivity index (χ4n) is 3.53. The Hall–Kier alpha value is -2.89. The third kappa shape index (κ3) is 3.79. The SMILES string of the molecule is CC(Oc1ccccc1F)C(=O)N1CCC(C(=O)O)(c2ccccc2)CC1. The maximum Gasteiger partial charge on any atom is 0.314 e. The van der Waals surface area contributed by atoms with Gasteiger partial charge in [-0.2, -0.15) is 0 Å². The van der Waals surface area contributed by atoms with Crippen molar-refractivity contribution in [2.75, 3.05) is 13.1 Å². The molecular weight excluding hydrogens is 349 g/mol. The molecule has 2 aromatic rings. The number of carbonyl (C=O) groups is 2. The van der Waals surface area contributed by atoms with Crippen LogP contribution in [0.3, 0.4) is 0 Å². The lowest BCUT2D eigenvalue weighted by Gasteiger charge is -2.40. The van der Waals surface area contributed by atoms with E-state index in [4.69, 9.17) is 4.74 Å². The molecule has 1 N–H and O–H groups in total. The number of nitrogens with zero attached hydrogens (tertiary/aromatic N) is 1. The topological polar surface area (TPSA) is 66.8 Å². The summed E-state index contributed by atoms with van der Waals surface area (Å²) < 4.78 is 19.2. The van der Waals surface area contributed by atoms with Crippen LogP contribution < -0.4 is 4.74 Å². The molecule has 3 rings (SSSR count). The van der Waals surface area contributed by atoms with Crippen molar-refractivity contribution in [1.82, 2.24) is 4.90 Å². The van der Waals surface area contributed by atoms with E-state index in [-0.39, 0.29) is 11.7 Å². The molecule has 0 radical (unpaired) electrons. The predicted molar refractivity (Wildman–Crippen MR) is 98.1 cm³/mol. The first-order valence-corrected chi connectivity index (χ1v) is 8.93. The number of carboxylic acids is 1. The molecule has 1 fully saturated rings. The molecule has 1 atom stereocenters. The smallest absolute Gasteiger partial charge is 0.314 e. The van der Waals surface area contributed by atoms with Crippen LogP contribution in [0.5, 0.6) is 5.75 Å². The third-order valence-electron chi connectivity index (χ3n) is 5.15. The molecule has 142 valence electrons. The van der Waals surface area contributed by atoms with Crippen LogP contribution in [0.25, 0.3) is 0 Å². The van der Waals surface area contributed by atoms with Gasteiger partial charge in [0, 0.05) is 13.1 Å². The van der Waals surface area contributed by atoms with Gasteiger partial charge in [0.1, 0.15) is 0 Å². The fourth-order valence-corrected chi connectivity index (χ4v) is 3.53. The van der Waals surface area contributed by atoms with Crippen molar-refractivity contribution < 1.29 is 23.8 Å². The number of amides is 1. The number of rotatable bonds is 5. The van der Waals surface area contributed by atoms with E-state index in [1.807, 2.05) is 30.3 Å². The quantitative estimate of drug-likeness (QED) is 0.876. The van der Waals surface area contributed by atoms with Crippen LogP contribution in [0, 0.1) is 5.82 Å². The highest BCUT2D eigenvalue weighted by Gasteiger charge is 2.44. The van der Waals surface area contributed by atoms with Crippen LogP contribution in [-0.2, 0) is 15.0 Å². The van der Waals surface area contributed by atoms with Gasteiger partial charge in [-0.25, -0.2) is 4.39 Å². The van der Waals surface area contributed by atoms with E-state index >= 15 is 0 Å². The standard InChI is InChI=1S/C21H22FNO4/c1-15(27-18-10-6-5-9-17(18)22)19(24)23-13-11-21(12-14-23,20(25)26)16-7-3-2-4-8-16/h2-10,15H,11-14H2,1H3,(H,25,26). The minimum Gasteiger partial charge on any atom is -0.481 e. The normalized spacial score (nSPS) is 17.2. The van der Waals surface area contributed by atoms with Gasteiger partial charge in [-0.1, -0.05) is 42.5 Å². The van der Waals surface area contributed by atoms with Gasteiger partial charge in [0.25, 0.3) is 5.91 Å². The minimum absolute atomic E-state index is 0.0273. The van der Waals surface area contributed by atoms with E-state index in [0.717, 1.165) is 5.56 Å². The number of carbonyl (C=O) groups excluding carboxylic acids is 1. The summed E-state index contributed by atoms with van der Waals surface area (Å²) in [5.74, 6) is -1.65. The van der Waals surface area contributed by atoms with Crippen LogP contribution >= 0.6 is 0 Å². The van der Waals surface area contributed by atoms with Gasteiger partial charge in [0.05, 0.1) is 5.41 Å². The molecule has 0 bridgehead atoms. The Kier molecular flexibility index (Phi) is 5.44. The van der Waals surface area contributed by atoms with Crippen molar-refractivity contribution in [3.05, 3.63) is 66.0 Å². The number of hydrogen-bond donors (Lipinski definition) is 1. The number of likely N-dealkylation sites (tertiary alicyclic amines) is 1. The number of carboxylic acid groups (broad SMARTS) is 1. The Labute approximate surface area is 157 Å². The number of piperidine rings is 1. The lowest BCUT2D eigenvalue weighted by molar-refractivity contribution is -0.149. The van der Waals surface area contributed by atoms with E-state index < -0.39 is 23.3 Å². The number of benzene rings is 2. The van der Waals surface area contributed by atoms with Crippen LogP contribution in [0.2, 0.25) is 0 Å². The first kappa shape index (κ1) is 18.9. The summed E-state index contributed by atoms with van der Waals surface area (Å²) in [6.45, 7) is 2.20. The van der Waals surface area contributed by atoms with Crippen molar-refractivity contribution in [2.24, 2.45) is 0 Å². The average molecular weight is 371 g/mol. The molecule has 0 spiro atoms. The van der Waals surface area contributed by atoms with Gasteiger partial charge in [-0.3, -0.25) is 9.59 Å². The summed E-state index contributed by atoms with van der Waals surface area (Å²) >= 11 is 0. The van der Waals surface area contributed by atoms with Gasteiger partial charge in [-0.05, 0) is 37.5 Å². The Morgan fingerprint density at radius 2 is 1.67 bits per heavy atom. The van der Waals surface area contributed by atoms with E-state index in [2.05, 4.69) is 0 Å². The first-order chi connectivity index (χ1) is 12.9. The molecule has 0 saturated carbocycles. The first-order valence-electron chi connectivity index (χ1n) is 8.93. The lowest BCUT2D eigenvalue weighted by Crippen LogP contribution is -2.51. The minimum atomic E-state index is -0.992. The van der Waals surface area contributed by atoms with Gasteiger partial charge < -0.3 is 14.7 Å². The van der Waals surface area contributed by atoms with E-state index in [0.29, 0.717) is 25.9 Å². The van der Waals surface area contributed by atoms with Crippen LogP contribution in [-0.4, -0.2) is 41.1 Å². The molecular formula is C21H22FNO4. The number of para-hydroxylation sites is 1. The van der Waals surface area contributed by atoms with Crippen molar-refractivity contribution in [3.63, 3.8) is 0 Å². The second kappa shape index (κ2) is 7.78. The number of aliphatic carboxylic acids is 1. The maximum atomic E-state index is 13.7. The molecule has 1 aliphatic rings. The number of ether oxygens (including phenoxy) is 1. The zero-order chi connectivity index (χ0) is 19.4. The molecule has 1 aliphatic heterocycles. The maximum absolute atomic E-state index is 13.7. The van der Waals surface area contributed by atoms with Crippen molar-refractivity contribution >= 4 is 11.9 Å². The van der Waals surface area contributed by atoms with Crippen LogP contribution in [0.1, 0.15) is 25.3 Å². The molecule has 1 heterocycles. The van der Waals surface area contributed by atoms with Gasteiger partial charge in [-0.15, -0.1) is 0 Å². The zero-order valence-corrected chi connectivity index (χ0v) is 15.1. The monoisotopic (exact) mass is 371 g/mol. The Balaban J connectivity index is 1.68. The molecule has 0 aliphatic carbocycles. The Bertz CT molecular complexity index is 816. The van der Waals surface area contributed by atoms with Crippen LogP contribution in [0.15, 0.2) is 54.6 Å². The highest BCUT2D eigenvalue weighted by atomic mass is 19.1. The van der Waals surface area contributed by atoms with Gasteiger partial charge >= 0.3 is 5.97 Å².